The molecule has 1 heteroatoms. The number of nitrogens with one attached hydrogen (secondary N) is 1. The summed E-state index contributed by atoms with van der Waals surface area (Å²) in [4.78, 5) is 3.51. The number of allylic oxidation sites excluding steroid dienone is 4. The van der Waals surface area contributed by atoms with Crippen LogP contribution >= 0.6 is 0 Å². The second-order valence-corrected chi connectivity index (χ2v) is 4.35. The van der Waals surface area contributed by atoms with Gasteiger partial charge in [-0.25, -0.2) is 0 Å². The van der Waals surface area contributed by atoms with Crippen molar-refractivity contribution < 1.29 is 0 Å². The van der Waals surface area contributed by atoms with Crippen LogP contribution in [0.5, 0.6) is 0 Å². The predicted molar refractivity (Wildman–Crippen MR) is 67.2 cm³/mol. The van der Waals surface area contributed by atoms with Gasteiger partial charge in [0, 0.05) is 22.0 Å². The Balaban J connectivity index is 2.30. The summed E-state index contributed by atoms with van der Waals surface area (Å²) in [7, 11) is 0. The van der Waals surface area contributed by atoms with Crippen LogP contribution in [0.2, 0.25) is 0 Å². The molecule has 0 fully saturated rings. The lowest BCUT2D eigenvalue weighted by molar-refractivity contribution is 1.08. The predicted octanol–water partition coefficient (Wildman–Crippen LogP) is 1.85. The third-order valence-corrected chi connectivity index (χ3v) is 3.45. The molecule has 76 valence electrons. The minimum Gasteiger partial charge on any atom is -0.354 e. The van der Waals surface area contributed by atoms with Crippen molar-refractivity contribution in [2.75, 3.05) is 0 Å². The lowest BCUT2D eigenvalue weighted by atomic mass is 9.93. The molecule has 1 aromatic carbocycles. The standard InChI is InChI=1S/C15H11N/c1-2-6-11-10(5-1)9-14-12-7-3-4-8-13(12)15(11)16-14/h1-10,16H. The highest BCUT2D eigenvalue weighted by Gasteiger charge is 2.16. The second kappa shape index (κ2) is 2.76. The average Bonchev–Trinajstić information content (AvgIpc) is 2.65. The molecule has 0 saturated carbocycles. The van der Waals surface area contributed by atoms with E-state index in [1.54, 1.807) is 0 Å². The molecular formula is C15H11N. The molecule has 2 aliphatic rings. The molecule has 4 rings (SSSR count). The fourth-order valence-corrected chi connectivity index (χ4v) is 2.70. The van der Waals surface area contributed by atoms with Crippen LogP contribution in [0, 0.1) is 5.92 Å². The first-order valence-electron chi connectivity index (χ1n) is 5.61. The summed E-state index contributed by atoms with van der Waals surface area (Å²) in [6, 6.07) is 8.59. The van der Waals surface area contributed by atoms with E-state index >= 15 is 0 Å². The molecule has 1 atom stereocenters. The topological polar surface area (TPSA) is 15.8 Å². The smallest absolute Gasteiger partial charge is 0.0506 e. The molecule has 0 saturated heterocycles. The molecule has 1 N–H and O–H groups in total. The van der Waals surface area contributed by atoms with Gasteiger partial charge in [-0.15, -0.1) is 0 Å². The third kappa shape index (κ3) is 0.904. The van der Waals surface area contributed by atoms with Crippen molar-refractivity contribution in [3.05, 3.63) is 59.3 Å². The van der Waals surface area contributed by atoms with E-state index in [0.29, 0.717) is 5.92 Å². The number of rotatable bonds is 0. The monoisotopic (exact) mass is 205 g/mol. The number of aromatic nitrogens is 1. The summed E-state index contributed by atoms with van der Waals surface area (Å²) >= 11 is 0. The van der Waals surface area contributed by atoms with Gasteiger partial charge in [-0.3, -0.25) is 0 Å². The Morgan fingerprint density at radius 3 is 2.81 bits per heavy atom. The number of hydrogen-bond donors (Lipinski definition) is 1. The van der Waals surface area contributed by atoms with Crippen LogP contribution in [0.1, 0.15) is 0 Å². The van der Waals surface area contributed by atoms with Crippen molar-refractivity contribution in [1.82, 2.24) is 4.98 Å². The molecule has 1 unspecified atom stereocenters. The van der Waals surface area contributed by atoms with Crippen LogP contribution in [0.4, 0.5) is 0 Å². The number of hydrogen-bond acceptors (Lipinski definition) is 0. The summed E-state index contributed by atoms with van der Waals surface area (Å²) < 4.78 is 0. The van der Waals surface area contributed by atoms with Crippen molar-refractivity contribution in [3.8, 4) is 0 Å². The molecule has 2 aromatic rings. The van der Waals surface area contributed by atoms with E-state index in [-0.39, 0.29) is 0 Å². The van der Waals surface area contributed by atoms with E-state index in [4.69, 9.17) is 0 Å². The highest BCUT2D eigenvalue weighted by molar-refractivity contribution is 5.90. The normalized spacial score (nSPS) is 21.0. The van der Waals surface area contributed by atoms with Crippen LogP contribution in [0.15, 0.2) is 48.6 Å². The number of H-pyrrole nitrogens is 1. The molecule has 0 radical (unpaired) electrons. The molecule has 16 heavy (non-hydrogen) atoms. The summed E-state index contributed by atoms with van der Waals surface area (Å²) in [6.45, 7) is 0. The number of benzene rings is 1. The molecule has 2 heterocycles. The quantitative estimate of drug-likeness (QED) is 0.675. The maximum atomic E-state index is 3.51. The van der Waals surface area contributed by atoms with E-state index in [2.05, 4.69) is 59.6 Å². The van der Waals surface area contributed by atoms with Gasteiger partial charge in [-0.05, 0) is 11.6 Å². The largest absolute Gasteiger partial charge is 0.354 e. The second-order valence-electron chi connectivity index (χ2n) is 4.35. The van der Waals surface area contributed by atoms with Gasteiger partial charge in [-0.1, -0.05) is 48.6 Å². The van der Waals surface area contributed by atoms with Gasteiger partial charge >= 0.3 is 0 Å². The Hall–Kier alpha value is -2.02. The van der Waals surface area contributed by atoms with Crippen LogP contribution < -0.4 is 10.7 Å². The first-order valence-corrected chi connectivity index (χ1v) is 5.61. The average molecular weight is 205 g/mol. The molecular weight excluding hydrogens is 194 g/mol. The summed E-state index contributed by atoms with van der Waals surface area (Å²) in [6.07, 6.45) is 11.0. The molecule has 1 aliphatic carbocycles. The maximum Gasteiger partial charge on any atom is 0.0506 e. The molecule has 0 spiro atoms. The minimum atomic E-state index is 0.448. The van der Waals surface area contributed by atoms with Crippen molar-refractivity contribution in [3.63, 3.8) is 0 Å². The highest BCUT2D eigenvalue weighted by Crippen LogP contribution is 2.23. The van der Waals surface area contributed by atoms with Gasteiger partial charge in [0.2, 0.25) is 0 Å². The maximum absolute atomic E-state index is 3.51. The summed E-state index contributed by atoms with van der Waals surface area (Å²) in [5, 5.41) is 5.23. The van der Waals surface area contributed by atoms with E-state index < -0.39 is 0 Å². The minimum absolute atomic E-state index is 0.448. The Labute approximate surface area is 93.1 Å². The fraction of sp³-hybridized carbons (Fsp3) is 0.0667. The Morgan fingerprint density at radius 2 is 1.88 bits per heavy atom. The van der Waals surface area contributed by atoms with Crippen LogP contribution in [-0.4, -0.2) is 4.98 Å². The molecule has 0 amide bonds. The lowest BCUT2D eigenvalue weighted by Crippen LogP contribution is -2.22. The molecule has 2 bridgehead atoms. The zero-order valence-corrected chi connectivity index (χ0v) is 8.77. The SMILES string of the molecule is C1=CC2=c3[nH]c(c4ccccc34)=CC2C=C1. The van der Waals surface area contributed by atoms with Crippen molar-refractivity contribution in [2.24, 2.45) is 5.92 Å². The van der Waals surface area contributed by atoms with Crippen molar-refractivity contribution >= 4 is 22.4 Å². The van der Waals surface area contributed by atoms with Crippen molar-refractivity contribution in [2.45, 2.75) is 0 Å². The molecule has 1 nitrogen and oxygen atoms in total. The van der Waals surface area contributed by atoms with Crippen LogP contribution in [0.3, 0.4) is 0 Å². The first-order chi connectivity index (χ1) is 7.93. The van der Waals surface area contributed by atoms with Gasteiger partial charge in [0.05, 0.1) is 5.35 Å². The highest BCUT2D eigenvalue weighted by atomic mass is 14.7. The van der Waals surface area contributed by atoms with Crippen molar-refractivity contribution in [1.29, 1.82) is 0 Å². The number of fused-ring (bicyclic) bond motifs is 6. The number of aromatic amines is 1. The van der Waals surface area contributed by atoms with Crippen LogP contribution in [-0.2, 0) is 0 Å². The van der Waals surface area contributed by atoms with Gasteiger partial charge in [-0.2, -0.15) is 0 Å². The van der Waals surface area contributed by atoms with E-state index in [1.807, 2.05) is 0 Å². The Bertz CT molecular complexity index is 756. The van der Waals surface area contributed by atoms with E-state index in [9.17, 15) is 0 Å². The van der Waals surface area contributed by atoms with E-state index in [0.717, 1.165) is 0 Å². The zero-order chi connectivity index (χ0) is 10.5. The lowest BCUT2D eigenvalue weighted by Gasteiger charge is -2.13. The fourth-order valence-electron chi connectivity index (χ4n) is 2.70. The van der Waals surface area contributed by atoms with Crippen LogP contribution in [0.25, 0.3) is 22.4 Å². The molecule has 1 aromatic heterocycles. The van der Waals surface area contributed by atoms with Gasteiger partial charge < -0.3 is 4.98 Å². The van der Waals surface area contributed by atoms with Gasteiger partial charge in [0.1, 0.15) is 0 Å². The first kappa shape index (κ1) is 8.17. The third-order valence-electron chi connectivity index (χ3n) is 3.45. The Kier molecular flexibility index (Phi) is 1.41. The zero-order valence-electron chi connectivity index (χ0n) is 8.77. The van der Waals surface area contributed by atoms with Gasteiger partial charge in [0.25, 0.3) is 0 Å². The van der Waals surface area contributed by atoms with Gasteiger partial charge in [0.15, 0.2) is 0 Å². The summed E-state index contributed by atoms with van der Waals surface area (Å²) in [5.74, 6) is 0.448. The molecule has 1 aliphatic heterocycles. The Morgan fingerprint density at radius 1 is 1.00 bits per heavy atom. The van der Waals surface area contributed by atoms with E-state index in [1.165, 1.54) is 27.0 Å². The summed E-state index contributed by atoms with van der Waals surface area (Å²) in [5.41, 5.74) is 1.39.